The molecule has 7 heteroatoms. The fraction of sp³-hybridized carbons (Fsp3) is 0.889. The molecule has 1 saturated heterocycles. The van der Waals surface area contributed by atoms with E-state index in [1.165, 1.54) is 0 Å². The lowest BCUT2D eigenvalue weighted by Crippen LogP contribution is -2.50. The fourth-order valence-corrected chi connectivity index (χ4v) is 2.75. The van der Waals surface area contributed by atoms with Gasteiger partial charge in [0.25, 0.3) is 0 Å². The van der Waals surface area contributed by atoms with Crippen LogP contribution in [0.5, 0.6) is 0 Å². The Balaban J connectivity index is 2.46. The van der Waals surface area contributed by atoms with Crippen LogP contribution < -0.4 is 16.0 Å². The number of rotatable bonds is 7. The molecule has 1 aliphatic heterocycles. The largest absolute Gasteiger partial charge is 0.374 e. The number of guanidine groups is 1. The zero-order valence-electron chi connectivity index (χ0n) is 16.8. The number of carbonyl (C=O) groups is 1. The molecule has 1 unspecified atom stereocenters. The Morgan fingerprint density at radius 2 is 2.04 bits per heavy atom. The van der Waals surface area contributed by atoms with Crippen LogP contribution >= 0.6 is 0 Å². The number of hydrogen-bond acceptors (Lipinski definition) is 4. The van der Waals surface area contributed by atoms with E-state index in [-0.39, 0.29) is 24.1 Å². The lowest BCUT2D eigenvalue weighted by molar-refractivity contribution is -0.121. The van der Waals surface area contributed by atoms with E-state index in [1.54, 1.807) is 0 Å². The average Bonchev–Trinajstić information content (AvgIpc) is 2.48. The molecule has 0 bridgehead atoms. The van der Waals surface area contributed by atoms with Gasteiger partial charge in [0.1, 0.15) is 6.54 Å². The van der Waals surface area contributed by atoms with E-state index in [9.17, 15) is 4.79 Å². The molecule has 0 aromatic heterocycles. The molecule has 0 aromatic carbocycles. The Morgan fingerprint density at radius 3 is 2.64 bits per heavy atom. The van der Waals surface area contributed by atoms with Gasteiger partial charge in [0.2, 0.25) is 5.91 Å². The van der Waals surface area contributed by atoms with E-state index < -0.39 is 0 Å². The number of carbonyl (C=O) groups excluding carboxylic acids is 1. The third-order valence-corrected chi connectivity index (χ3v) is 3.58. The minimum absolute atomic E-state index is 0.0817. The predicted octanol–water partition coefficient (Wildman–Crippen LogP) is 0.813. The van der Waals surface area contributed by atoms with Crippen molar-refractivity contribution >= 4 is 11.9 Å². The van der Waals surface area contributed by atoms with Crippen molar-refractivity contribution in [2.24, 2.45) is 10.9 Å². The monoisotopic (exact) mass is 355 g/mol. The topological polar surface area (TPSA) is 78.0 Å². The first-order valence-electron chi connectivity index (χ1n) is 9.36. The number of nitrogens with one attached hydrogen (secondary N) is 3. The van der Waals surface area contributed by atoms with Gasteiger partial charge < -0.3 is 20.7 Å². The zero-order chi connectivity index (χ0) is 18.9. The van der Waals surface area contributed by atoms with Crippen molar-refractivity contribution in [1.82, 2.24) is 20.9 Å². The van der Waals surface area contributed by atoms with Crippen LogP contribution in [-0.4, -0.2) is 74.3 Å². The molecule has 1 fully saturated rings. The first-order chi connectivity index (χ1) is 11.7. The molecule has 1 amide bonds. The number of nitrogens with zero attached hydrogens (tertiary/aromatic N) is 2. The molecule has 1 atom stereocenters. The second-order valence-electron chi connectivity index (χ2n) is 8.02. The van der Waals surface area contributed by atoms with Gasteiger partial charge in [0.05, 0.1) is 12.7 Å². The number of morpholine rings is 1. The van der Waals surface area contributed by atoms with Gasteiger partial charge in [-0.05, 0) is 33.6 Å². The quantitative estimate of drug-likeness (QED) is 0.465. The summed E-state index contributed by atoms with van der Waals surface area (Å²) in [6, 6.07) is 0. The van der Waals surface area contributed by atoms with Gasteiger partial charge in [-0.1, -0.05) is 13.8 Å². The van der Waals surface area contributed by atoms with Crippen molar-refractivity contribution in [1.29, 1.82) is 0 Å². The number of hydrogen-bond donors (Lipinski definition) is 3. The van der Waals surface area contributed by atoms with Gasteiger partial charge >= 0.3 is 0 Å². The second kappa shape index (κ2) is 10.6. The minimum atomic E-state index is -0.242. The Labute approximate surface area is 153 Å². The van der Waals surface area contributed by atoms with Crippen LogP contribution in [0.15, 0.2) is 4.99 Å². The third kappa shape index (κ3) is 10.3. The lowest BCUT2D eigenvalue weighted by Gasteiger charge is -2.34. The fourth-order valence-electron chi connectivity index (χ4n) is 2.75. The smallest absolute Gasteiger partial charge is 0.242 e. The van der Waals surface area contributed by atoms with Crippen LogP contribution in [0.25, 0.3) is 0 Å². The summed E-state index contributed by atoms with van der Waals surface area (Å²) in [7, 11) is 0. The maximum Gasteiger partial charge on any atom is 0.242 e. The molecule has 0 spiro atoms. The maximum atomic E-state index is 11.9. The van der Waals surface area contributed by atoms with E-state index in [0.717, 1.165) is 32.8 Å². The molecule has 3 N–H and O–H groups in total. The van der Waals surface area contributed by atoms with Crippen LogP contribution in [0, 0.1) is 5.92 Å². The van der Waals surface area contributed by atoms with Crippen LogP contribution in [0.2, 0.25) is 0 Å². The molecular weight excluding hydrogens is 318 g/mol. The van der Waals surface area contributed by atoms with Crippen LogP contribution in [-0.2, 0) is 9.53 Å². The summed E-state index contributed by atoms with van der Waals surface area (Å²) in [5, 5.41) is 9.38. The Hall–Kier alpha value is -1.34. The highest BCUT2D eigenvalue weighted by molar-refractivity contribution is 5.85. The number of amides is 1. The van der Waals surface area contributed by atoms with E-state index >= 15 is 0 Å². The summed E-state index contributed by atoms with van der Waals surface area (Å²) in [6.45, 7) is 17.7. The molecule has 0 radical (unpaired) electrons. The highest BCUT2D eigenvalue weighted by Crippen LogP contribution is 2.07. The summed E-state index contributed by atoms with van der Waals surface area (Å²) in [4.78, 5) is 18.7. The summed E-state index contributed by atoms with van der Waals surface area (Å²) < 4.78 is 5.84. The summed E-state index contributed by atoms with van der Waals surface area (Å²) in [5.74, 6) is 1.23. The highest BCUT2D eigenvalue weighted by atomic mass is 16.5. The van der Waals surface area contributed by atoms with Crippen LogP contribution in [0.3, 0.4) is 0 Å². The van der Waals surface area contributed by atoms with Gasteiger partial charge in [-0.3, -0.25) is 9.69 Å². The Morgan fingerprint density at radius 1 is 1.32 bits per heavy atom. The third-order valence-electron chi connectivity index (χ3n) is 3.58. The lowest BCUT2D eigenvalue weighted by atomic mass is 10.1. The van der Waals surface area contributed by atoms with Crippen molar-refractivity contribution in [3.05, 3.63) is 0 Å². The van der Waals surface area contributed by atoms with E-state index in [1.807, 2.05) is 27.7 Å². The van der Waals surface area contributed by atoms with Crippen LogP contribution in [0.4, 0.5) is 0 Å². The zero-order valence-corrected chi connectivity index (χ0v) is 16.8. The average molecular weight is 356 g/mol. The van der Waals surface area contributed by atoms with Gasteiger partial charge in [0, 0.05) is 38.3 Å². The SMILES string of the molecule is CCNC(=NCC(=O)NC(C)(C)C)NCC1CN(CC(C)C)CCO1. The number of ether oxygens (including phenoxy) is 1. The van der Waals surface area contributed by atoms with E-state index in [4.69, 9.17) is 4.74 Å². The Bertz CT molecular complexity index is 432. The van der Waals surface area contributed by atoms with Gasteiger partial charge in [-0.15, -0.1) is 0 Å². The Kier molecular flexibility index (Phi) is 9.21. The minimum Gasteiger partial charge on any atom is -0.374 e. The second-order valence-corrected chi connectivity index (χ2v) is 8.02. The first kappa shape index (κ1) is 21.7. The van der Waals surface area contributed by atoms with E-state index in [0.29, 0.717) is 18.4 Å². The molecule has 0 aromatic rings. The molecule has 0 aliphatic carbocycles. The van der Waals surface area contributed by atoms with Crippen LogP contribution in [0.1, 0.15) is 41.5 Å². The van der Waals surface area contributed by atoms with Crippen molar-refractivity contribution in [2.75, 3.05) is 45.9 Å². The molecule has 1 heterocycles. The summed E-state index contributed by atoms with van der Waals surface area (Å²) >= 11 is 0. The van der Waals surface area contributed by atoms with Gasteiger partial charge in [0.15, 0.2) is 5.96 Å². The highest BCUT2D eigenvalue weighted by Gasteiger charge is 2.21. The van der Waals surface area contributed by atoms with Gasteiger partial charge in [-0.25, -0.2) is 4.99 Å². The van der Waals surface area contributed by atoms with Crippen molar-refractivity contribution in [3.8, 4) is 0 Å². The normalized spacial score (nSPS) is 19.8. The predicted molar refractivity (Wildman–Crippen MR) is 103 cm³/mol. The molecule has 25 heavy (non-hydrogen) atoms. The number of aliphatic imine (C=N–C) groups is 1. The van der Waals surface area contributed by atoms with Gasteiger partial charge in [-0.2, -0.15) is 0 Å². The first-order valence-corrected chi connectivity index (χ1v) is 9.36. The molecule has 0 saturated carbocycles. The summed E-state index contributed by atoms with van der Waals surface area (Å²) in [5.41, 5.74) is -0.242. The molecular formula is C18H37N5O2. The van der Waals surface area contributed by atoms with Crippen molar-refractivity contribution in [3.63, 3.8) is 0 Å². The summed E-state index contributed by atoms with van der Waals surface area (Å²) in [6.07, 6.45) is 0.139. The molecule has 7 nitrogen and oxygen atoms in total. The van der Waals surface area contributed by atoms with Crippen molar-refractivity contribution in [2.45, 2.75) is 53.2 Å². The standard InChI is InChI=1S/C18H37N5O2/c1-7-19-17(21-11-16(24)22-18(4,5)6)20-10-15-13-23(8-9-25-15)12-14(2)3/h14-15H,7-13H2,1-6H3,(H,22,24)(H2,19,20,21). The maximum absolute atomic E-state index is 11.9. The molecule has 1 rings (SSSR count). The molecule has 1 aliphatic rings. The molecule has 146 valence electrons. The van der Waals surface area contributed by atoms with E-state index in [2.05, 4.69) is 39.7 Å². The van der Waals surface area contributed by atoms with Crippen molar-refractivity contribution < 1.29 is 9.53 Å².